The summed E-state index contributed by atoms with van der Waals surface area (Å²) in [5, 5.41) is 0. The van der Waals surface area contributed by atoms with Crippen molar-refractivity contribution < 1.29 is 9.53 Å². The fourth-order valence-electron chi connectivity index (χ4n) is 3.48. The van der Waals surface area contributed by atoms with Crippen molar-refractivity contribution in [2.24, 2.45) is 5.92 Å². The molecule has 0 N–H and O–H groups in total. The lowest BCUT2D eigenvalue weighted by atomic mass is 10.1. The fourth-order valence-corrected chi connectivity index (χ4v) is 3.48. The molecule has 1 atom stereocenters. The van der Waals surface area contributed by atoms with Crippen LogP contribution in [0.4, 0.5) is 4.79 Å². The van der Waals surface area contributed by atoms with E-state index in [0.29, 0.717) is 5.92 Å². The third kappa shape index (κ3) is 4.15. The highest BCUT2D eigenvalue weighted by atomic mass is 16.6. The third-order valence-corrected chi connectivity index (χ3v) is 4.69. The Bertz CT molecular complexity index is 598. The highest BCUT2D eigenvalue weighted by Crippen LogP contribution is 2.48. The zero-order valence-corrected chi connectivity index (χ0v) is 14.5. The van der Waals surface area contributed by atoms with Crippen molar-refractivity contribution in [1.82, 2.24) is 4.90 Å². The Morgan fingerprint density at radius 2 is 1.91 bits per heavy atom. The van der Waals surface area contributed by atoms with Crippen LogP contribution in [0, 0.1) is 5.92 Å². The van der Waals surface area contributed by atoms with E-state index in [4.69, 9.17) is 4.74 Å². The maximum absolute atomic E-state index is 12.2. The number of ether oxygens (including phenoxy) is 1. The van der Waals surface area contributed by atoms with Crippen LogP contribution in [0.5, 0.6) is 0 Å². The number of allylic oxidation sites excluding steroid dienone is 1. The van der Waals surface area contributed by atoms with Crippen molar-refractivity contribution in [1.29, 1.82) is 0 Å². The number of hydrogen-bond acceptors (Lipinski definition) is 2. The minimum Gasteiger partial charge on any atom is -0.444 e. The van der Waals surface area contributed by atoms with Gasteiger partial charge in [0.25, 0.3) is 0 Å². The van der Waals surface area contributed by atoms with Gasteiger partial charge in [-0.2, -0.15) is 0 Å². The highest BCUT2D eigenvalue weighted by Gasteiger charge is 2.38. The first-order valence-corrected chi connectivity index (χ1v) is 8.68. The minimum absolute atomic E-state index is 0.162. The van der Waals surface area contributed by atoms with Crippen LogP contribution >= 0.6 is 0 Å². The van der Waals surface area contributed by atoms with Gasteiger partial charge in [0.2, 0.25) is 0 Å². The maximum atomic E-state index is 12.2. The summed E-state index contributed by atoms with van der Waals surface area (Å²) in [6.07, 6.45) is 4.24. The Labute approximate surface area is 139 Å². The molecule has 1 aromatic carbocycles. The molecule has 0 saturated carbocycles. The van der Waals surface area contributed by atoms with Gasteiger partial charge in [0.05, 0.1) is 0 Å². The van der Waals surface area contributed by atoms with Gasteiger partial charge in [-0.25, -0.2) is 4.79 Å². The van der Waals surface area contributed by atoms with Gasteiger partial charge < -0.3 is 9.64 Å². The van der Waals surface area contributed by atoms with E-state index in [1.54, 1.807) is 11.1 Å². The molecule has 1 saturated heterocycles. The number of rotatable bonds is 3. The number of hydrogen-bond donors (Lipinski definition) is 0. The second-order valence-electron chi connectivity index (χ2n) is 7.59. The van der Waals surface area contributed by atoms with E-state index < -0.39 is 5.60 Å². The number of carbonyl (C=O) groups excluding carboxylic acids is 1. The Hall–Kier alpha value is -1.77. The quantitative estimate of drug-likeness (QED) is 0.765. The molecule has 1 amide bonds. The first-order valence-electron chi connectivity index (χ1n) is 8.68. The van der Waals surface area contributed by atoms with E-state index in [9.17, 15) is 4.79 Å². The second kappa shape index (κ2) is 6.38. The molecule has 0 aromatic heterocycles. The van der Waals surface area contributed by atoms with Crippen LogP contribution in [0.3, 0.4) is 0 Å². The molecular formula is C20H27NO2. The SMILES string of the molecule is CC(C)(C)OC(=O)N1CCC2=C(CCc3ccccc3)C2CC1. The predicted octanol–water partition coefficient (Wildman–Crippen LogP) is 4.58. The lowest BCUT2D eigenvalue weighted by molar-refractivity contribution is 0.0255. The molecular weight excluding hydrogens is 286 g/mol. The summed E-state index contributed by atoms with van der Waals surface area (Å²) in [4.78, 5) is 14.0. The van der Waals surface area contributed by atoms with Crippen molar-refractivity contribution in [2.45, 2.75) is 52.1 Å². The molecule has 1 aromatic rings. The van der Waals surface area contributed by atoms with E-state index in [2.05, 4.69) is 30.3 Å². The van der Waals surface area contributed by atoms with E-state index in [1.165, 1.54) is 12.0 Å². The molecule has 1 heterocycles. The molecule has 1 aliphatic carbocycles. The predicted molar refractivity (Wildman–Crippen MR) is 92.3 cm³/mol. The number of carbonyl (C=O) groups is 1. The summed E-state index contributed by atoms with van der Waals surface area (Å²) in [6, 6.07) is 10.7. The smallest absolute Gasteiger partial charge is 0.410 e. The molecule has 0 bridgehead atoms. The lowest BCUT2D eigenvalue weighted by Gasteiger charge is -2.26. The molecule has 1 unspecified atom stereocenters. The van der Waals surface area contributed by atoms with Gasteiger partial charge in [-0.1, -0.05) is 41.5 Å². The summed E-state index contributed by atoms with van der Waals surface area (Å²) >= 11 is 0. The number of aryl methyl sites for hydroxylation is 1. The van der Waals surface area contributed by atoms with E-state index in [0.717, 1.165) is 32.4 Å². The molecule has 1 fully saturated rings. The van der Waals surface area contributed by atoms with Crippen LogP contribution in [0.2, 0.25) is 0 Å². The Morgan fingerprint density at radius 1 is 1.17 bits per heavy atom. The lowest BCUT2D eigenvalue weighted by Crippen LogP contribution is -2.37. The van der Waals surface area contributed by atoms with Gasteiger partial charge >= 0.3 is 6.09 Å². The summed E-state index contributed by atoms with van der Waals surface area (Å²) < 4.78 is 5.49. The summed E-state index contributed by atoms with van der Waals surface area (Å²) in [7, 11) is 0. The van der Waals surface area contributed by atoms with Crippen LogP contribution in [0.1, 0.15) is 45.6 Å². The van der Waals surface area contributed by atoms with Crippen LogP contribution < -0.4 is 0 Å². The van der Waals surface area contributed by atoms with Crippen molar-refractivity contribution in [3.8, 4) is 0 Å². The monoisotopic (exact) mass is 313 g/mol. The molecule has 0 spiro atoms. The topological polar surface area (TPSA) is 29.5 Å². The molecule has 3 rings (SSSR count). The van der Waals surface area contributed by atoms with Gasteiger partial charge in [0, 0.05) is 19.0 Å². The second-order valence-corrected chi connectivity index (χ2v) is 7.59. The van der Waals surface area contributed by atoms with Crippen LogP contribution in [0.15, 0.2) is 41.5 Å². The zero-order valence-electron chi connectivity index (χ0n) is 14.5. The van der Waals surface area contributed by atoms with Gasteiger partial charge in [0.15, 0.2) is 0 Å². The fraction of sp³-hybridized carbons (Fsp3) is 0.550. The number of fused-ring (bicyclic) bond motifs is 1. The van der Waals surface area contributed by atoms with Crippen molar-refractivity contribution in [3.05, 3.63) is 47.0 Å². The largest absolute Gasteiger partial charge is 0.444 e. The van der Waals surface area contributed by atoms with E-state index in [-0.39, 0.29) is 6.09 Å². The number of benzene rings is 1. The minimum atomic E-state index is -0.410. The maximum Gasteiger partial charge on any atom is 0.410 e. The molecule has 2 aliphatic rings. The average molecular weight is 313 g/mol. The van der Waals surface area contributed by atoms with Gasteiger partial charge in [-0.3, -0.25) is 0 Å². The van der Waals surface area contributed by atoms with Gasteiger partial charge in [-0.15, -0.1) is 0 Å². The summed E-state index contributed by atoms with van der Waals surface area (Å²) in [5.41, 5.74) is 4.26. The number of nitrogens with zero attached hydrogens (tertiary/aromatic N) is 1. The zero-order chi connectivity index (χ0) is 16.4. The standard InChI is InChI=1S/C20H27NO2/c1-20(2,3)23-19(22)21-13-11-17-16(18(17)12-14-21)10-9-15-7-5-4-6-8-15/h4-8,17H,9-14H2,1-3H3. The molecule has 3 nitrogen and oxygen atoms in total. The Morgan fingerprint density at radius 3 is 2.61 bits per heavy atom. The molecule has 3 heteroatoms. The van der Waals surface area contributed by atoms with E-state index >= 15 is 0 Å². The van der Waals surface area contributed by atoms with Gasteiger partial charge in [-0.05, 0) is 52.0 Å². The van der Waals surface area contributed by atoms with Gasteiger partial charge in [0.1, 0.15) is 5.60 Å². The van der Waals surface area contributed by atoms with Crippen molar-refractivity contribution in [3.63, 3.8) is 0 Å². The third-order valence-electron chi connectivity index (χ3n) is 4.69. The summed E-state index contributed by atoms with van der Waals surface area (Å²) in [6.45, 7) is 7.38. The average Bonchev–Trinajstić information content (AvgIpc) is 3.19. The Balaban J connectivity index is 1.50. The Kier molecular flexibility index (Phi) is 4.47. The molecule has 124 valence electrons. The van der Waals surface area contributed by atoms with Crippen molar-refractivity contribution in [2.75, 3.05) is 13.1 Å². The summed E-state index contributed by atoms with van der Waals surface area (Å²) in [5.74, 6) is 0.658. The molecule has 23 heavy (non-hydrogen) atoms. The first kappa shape index (κ1) is 16.1. The van der Waals surface area contributed by atoms with E-state index in [1.807, 2.05) is 25.7 Å². The van der Waals surface area contributed by atoms with Crippen molar-refractivity contribution >= 4 is 6.09 Å². The molecule has 1 aliphatic heterocycles. The highest BCUT2D eigenvalue weighted by molar-refractivity contribution is 5.68. The number of likely N-dealkylation sites (tertiary alicyclic amines) is 1. The first-order chi connectivity index (χ1) is 10.9. The molecule has 0 radical (unpaired) electrons. The van der Waals surface area contributed by atoms with Crippen LogP contribution in [0.25, 0.3) is 0 Å². The normalized spacial score (nSPS) is 20.8. The van der Waals surface area contributed by atoms with Crippen LogP contribution in [-0.4, -0.2) is 29.7 Å². The van der Waals surface area contributed by atoms with Crippen LogP contribution in [-0.2, 0) is 11.2 Å². The number of amides is 1.